The molecule has 0 spiro atoms. The maximum absolute atomic E-state index is 13.2. The van der Waals surface area contributed by atoms with E-state index in [1.54, 1.807) is 11.8 Å². The molecule has 3 aromatic rings. The molecule has 10 heteroatoms. The minimum absolute atomic E-state index is 0.0248. The van der Waals surface area contributed by atoms with E-state index in [-0.39, 0.29) is 24.5 Å². The van der Waals surface area contributed by atoms with Crippen molar-refractivity contribution in [3.63, 3.8) is 0 Å². The van der Waals surface area contributed by atoms with E-state index in [1.165, 1.54) is 11.3 Å². The van der Waals surface area contributed by atoms with Crippen molar-refractivity contribution < 1.29 is 19.1 Å². The van der Waals surface area contributed by atoms with Crippen LogP contribution >= 0.6 is 11.3 Å². The average molecular weight is 548 g/mol. The van der Waals surface area contributed by atoms with Crippen molar-refractivity contribution in [1.82, 2.24) is 14.8 Å². The highest BCUT2D eigenvalue weighted by molar-refractivity contribution is 7.16. The third-order valence-corrected chi connectivity index (χ3v) is 8.06. The molecule has 1 N–H and O–H groups in total. The van der Waals surface area contributed by atoms with Gasteiger partial charge < -0.3 is 19.9 Å². The quantitative estimate of drug-likeness (QED) is 0.493. The van der Waals surface area contributed by atoms with Crippen LogP contribution in [0, 0.1) is 13.8 Å². The predicted octanol–water partition coefficient (Wildman–Crippen LogP) is 4.34. The molecule has 1 fully saturated rings. The molecule has 5 rings (SSSR count). The molecule has 39 heavy (non-hydrogen) atoms. The summed E-state index contributed by atoms with van der Waals surface area (Å²) in [6.45, 7) is 9.31. The number of thiazole rings is 1. The van der Waals surface area contributed by atoms with Crippen LogP contribution in [0.2, 0.25) is 0 Å². The van der Waals surface area contributed by atoms with Crippen LogP contribution in [-0.2, 0) is 16.0 Å². The van der Waals surface area contributed by atoms with Crippen LogP contribution in [0.4, 0.5) is 15.6 Å². The highest BCUT2D eigenvalue weighted by atomic mass is 32.1. The number of nitrogens with zero attached hydrogens (tertiary/aromatic N) is 4. The highest BCUT2D eigenvalue weighted by Crippen LogP contribution is 2.36. The van der Waals surface area contributed by atoms with Gasteiger partial charge in [-0.3, -0.25) is 14.5 Å². The van der Waals surface area contributed by atoms with Crippen molar-refractivity contribution >= 4 is 40.1 Å². The number of aromatic nitrogens is 1. The molecule has 2 aliphatic heterocycles. The summed E-state index contributed by atoms with van der Waals surface area (Å²) in [5, 5.41) is 3.51. The monoisotopic (exact) mass is 547 g/mol. The number of anilines is 2. The first kappa shape index (κ1) is 26.8. The number of hydrogen-bond acceptors (Lipinski definition) is 7. The lowest BCUT2D eigenvalue weighted by Gasteiger charge is -2.33. The Labute approximate surface area is 232 Å². The van der Waals surface area contributed by atoms with Gasteiger partial charge in [0.05, 0.1) is 18.8 Å². The molecular formula is C29H33N5O4S. The van der Waals surface area contributed by atoms with Crippen LogP contribution in [0.3, 0.4) is 0 Å². The van der Waals surface area contributed by atoms with Gasteiger partial charge in [-0.2, -0.15) is 0 Å². The van der Waals surface area contributed by atoms with Gasteiger partial charge in [0, 0.05) is 54.4 Å². The van der Waals surface area contributed by atoms with E-state index in [9.17, 15) is 14.4 Å². The van der Waals surface area contributed by atoms with Crippen molar-refractivity contribution in [3.8, 4) is 11.3 Å². The molecule has 9 nitrogen and oxygen atoms in total. The van der Waals surface area contributed by atoms with Crippen molar-refractivity contribution in [1.29, 1.82) is 0 Å². The summed E-state index contributed by atoms with van der Waals surface area (Å²) in [5.41, 5.74) is 5.57. The third kappa shape index (κ3) is 5.81. The van der Waals surface area contributed by atoms with Crippen LogP contribution < -0.4 is 10.2 Å². The second-order valence-electron chi connectivity index (χ2n) is 9.80. The zero-order chi connectivity index (χ0) is 27.5. The molecular weight excluding hydrogens is 514 g/mol. The first-order valence-electron chi connectivity index (χ1n) is 13.3. The molecule has 3 heterocycles. The van der Waals surface area contributed by atoms with Crippen LogP contribution in [-0.4, -0.2) is 78.6 Å². The zero-order valence-corrected chi connectivity index (χ0v) is 23.3. The van der Waals surface area contributed by atoms with Crippen LogP contribution in [0.15, 0.2) is 42.5 Å². The fourth-order valence-corrected chi connectivity index (χ4v) is 5.95. The number of hydrogen-bond donors (Lipinski definition) is 1. The van der Waals surface area contributed by atoms with Gasteiger partial charge >= 0.3 is 6.09 Å². The zero-order valence-electron chi connectivity index (χ0n) is 22.5. The number of fused-ring (bicyclic) bond motifs is 1. The van der Waals surface area contributed by atoms with Gasteiger partial charge in [0.15, 0.2) is 5.13 Å². The first-order valence-corrected chi connectivity index (χ1v) is 14.1. The molecule has 1 saturated heterocycles. The maximum Gasteiger partial charge on any atom is 0.409 e. The van der Waals surface area contributed by atoms with E-state index in [2.05, 4.69) is 11.4 Å². The number of carbonyl (C=O) groups is 3. The van der Waals surface area contributed by atoms with Gasteiger partial charge in [-0.25, -0.2) is 9.78 Å². The number of piperazine rings is 1. The Kier molecular flexibility index (Phi) is 7.94. The van der Waals surface area contributed by atoms with Gasteiger partial charge in [-0.1, -0.05) is 24.3 Å². The van der Waals surface area contributed by atoms with E-state index < -0.39 is 0 Å². The summed E-state index contributed by atoms with van der Waals surface area (Å²) < 4.78 is 5.05. The van der Waals surface area contributed by atoms with Crippen LogP contribution in [0.1, 0.15) is 33.3 Å². The van der Waals surface area contributed by atoms with E-state index in [4.69, 9.17) is 9.72 Å². The molecule has 0 aliphatic carbocycles. The standard InChI is InChI=1S/C29H33N5O4S/c1-4-38-29(37)33-15-13-32(14-16-33)18-25(35)30-28-31-26(20(3)39-28)22-9-10-24-21(17-22)11-12-34(24)27(36)23-8-6-5-7-19(23)2/h5-10,17H,4,11-16,18H2,1-3H3,(H,30,31,35). The lowest BCUT2D eigenvalue weighted by Crippen LogP contribution is -2.50. The molecule has 204 valence electrons. The van der Waals surface area contributed by atoms with Crippen molar-refractivity contribution in [3.05, 3.63) is 64.0 Å². The normalized spacial score (nSPS) is 15.3. The van der Waals surface area contributed by atoms with Crippen LogP contribution in [0.25, 0.3) is 11.3 Å². The molecule has 0 bridgehead atoms. The van der Waals surface area contributed by atoms with E-state index in [1.807, 2.05) is 60.0 Å². The topological polar surface area (TPSA) is 95.1 Å². The number of amides is 3. The molecule has 2 aromatic carbocycles. The van der Waals surface area contributed by atoms with Gasteiger partial charge in [0.25, 0.3) is 5.91 Å². The summed E-state index contributed by atoms with van der Waals surface area (Å²) in [5.74, 6) is -0.101. The number of nitrogens with one attached hydrogen (secondary N) is 1. The number of aryl methyl sites for hydroxylation is 2. The van der Waals surface area contributed by atoms with Crippen molar-refractivity contribution in [2.75, 3.05) is 56.1 Å². The van der Waals surface area contributed by atoms with E-state index in [0.717, 1.165) is 44.9 Å². The molecule has 2 aliphatic rings. The summed E-state index contributed by atoms with van der Waals surface area (Å²) in [7, 11) is 0. The lowest BCUT2D eigenvalue weighted by atomic mass is 10.0. The second-order valence-corrected chi connectivity index (χ2v) is 11.0. The second kappa shape index (κ2) is 11.5. The largest absolute Gasteiger partial charge is 0.450 e. The number of rotatable bonds is 6. The molecule has 0 radical (unpaired) electrons. The fourth-order valence-electron chi connectivity index (χ4n) is 5.10. The van der Waals surface area contributed by atoms with Crippen molar-refractivity contribution in [2.45, 2.75) is 27.2 Å². The first-order chi connectivity index (χ1) is 18.8. The summed E-state index contributed by atoms with van der Waals surface area (Å²) in [4.78, 5) is 49.1. The Balaban J connectivity index is 1.21. The summed E-state index contributed by atoms with van der Waals surface area (Å²) in [6.07, 6.45) is 0.487. The minimum Gasteiger partial charge on any atom is -0.450 e. The van der Waals surface area contributed by atoms with Gasteiger partial charge in [-0.15, -0.1) is 11.3 Å². The Bertz CT molecular complexity index is 1400. The number of carbonyl (C=O) groups excluding carboxylic acids is 3. The lowest BCUT2D eigenvalue weighted by molar-refractivity contribution is -0.117. The van der Waals surface area contributed by atoms with Crippen LogP contribution in [0.5, 0.6) is 0 Å². The van der Waals surface area contributed by atoms with Gasteiger partial charge in [-0.05, 0) is 56.5 Å². The summed E-state index contributed by atoms with van der Waals surface area (Å²) >= 11 is 1.45. The Morgan fingerprint density at radius 1 is 1.03 bits per heavy atom. The Morgan fingerprint density at radius 3 is 2.54 bits per heavy atom. The molecule has 1 aromatic heterocycles. The molecule has 0 atom stereocenters. The SMILES string of the molecule is CCOC(=O)N1CCN(CC(=O)Nc2nc(-c3ccc4c(c3)CCN4C(=O)c3ccccc3C)c(C)s2)CC1. The average Bonchev–Trinajstić information content (AvgIpc) is 3.51. The number of benzene rings is 2. The molecule has 3 amide bonds. The summed E-state index contributed by atoms with van der Waals surface area (Å²) in [6, 6.07) is 13.8. The highest BCUT2D eigenvalue weighted by Gasteiger charge is 2.27. The molecule has 0 saturated carbocycles. The third-order valence-electron chi connectivity index (χ3n) is 7.18. The van der Waals surface area contributed by atoms with E-state index >= 15 is 0 Å². The fraction of sp³-hybridized carbons (Fsp3) is 0.379. The predicted molar refractivity (Wildman–Crippen MR) is 153 cm³/mol. The van der Waals surface area contributed by atoms with Gasteiger partial charge in [0.1, 0.15) is 0 Å². The maximum atomic E-state index is 13.2. The minimum atomic E-state index is -0.301. The smallest absolute Gasteiger partial charge is 0.409 e. The molecule has 0 unspecified atom stereocenters. The van der Waals surface area contributed by atoms with E-state index in [0.29, 0.717) is 44.5 Å². The Morgan fingerprint density at radius 2 is 1.79 bits per heavy atom. The van der Waals surface area contributed by atoms with Crippen molar-refractivity contribution in [2.24, 2.45) is 0 Å². The Hall–Kier alpha value is -3.76. The number of ether oxygens (including phenoxy) is 1. The van der Waals surface area contributed by atoms with Gasteiger partial charge in [0.2, 0.25) is 5.91 Å².